The third kappa shape index (κ3) is 1.27. The zero-order valence-electron chi connectivity index (χ0n) is 8.19. The van der Waals surface area contributed by atoms with E-state index in [0.717, 1.165) is 5.56 Å². The van der Waals surface area contributed by atoms with Gasteiger partial charge in [0.05, 0.1) is 5.71 Å². The van der Waals surface area contributed by atoms with Crippen molar-refractivity contribution in [2.24, 2.45) is 4.99 Å². The summed E-state index contributed by atoms with van der Waals surface area (Å²) in [4.78, 5) is 15.6. The lowest BCUT2D eigenvalue weighted by Gasteiger charge is -1.94. The molecular formula is C12H8N2O. The van der Waals surface area contributed by atoms with Gasteiger partial charge in [-0.25, -0.2) is 0 Å². The van der Waals surface area contributed by atoms with E-state index in [4.69, 9.17) is 5.26 Å². The largest absolute Gasteiger partial charge is 0.289 e. The number of carbonyl (C=O) groups is 1. The fourth-order valence-corrected chi connectivity index (χ4v) is 1.72. The van der Waals surface area contributed by atoms with Gasteiger partial charge in [0, 0.05) is 16.7 Å². The van der Waals surface area contributed by atoms with Gasteiger partial charge in [0.15, 0.2) is 5.78 Å². The average Bonchev–Trinajstić information content (AvgIpc) is 2.54. The summed E-state index contributed by atoms with van der Waals surface area (Å²) in [7, 11) is 0. The number of hydrogen-bond donors (Lipinski definition) is 0. The molecule has 0 saturated heterocycles. The Morgan fingerprint density at radius 1 is 1.33 bits per heavy atom. The van der Waals surface area contributed by atoms with Crippen molar-refractivity contribution in [2.75, 3.05) is 0 Å². The van der Waals surface area contributed by atoms with Crippen molar-refractivity contribution in [3.05, 3.63) is 47.0 Å². The monoisotopic (exact) mass is 196 g/mol. The molecule has 2 rings (SSSR count). The summed E-state index contributed by atoms with van der Waals surface area (Å²) in [5.41, 5.74) is 2.37. The van der Waals surface area contributed by atoms with Gasteiger partial charge in [0.1, 0.15) is 0 Å². The molecule has 1 aliphatic rings. The molecule has 0 radical (unpaired) electrons. The van der Waals surface area contributed by atoms with Gasteiger partial charge in [0.2, 0.25) is 6.19 Å². The van der Waals surface area contributed by atoms with Gasteiger partial charge < -0.3 is 0 Å². The van der Waals surface area contributed by atoms with Gasteiger partial charge >= 0.3 is 0 Å². The first-order valence-electron chi connectivity index (χ1n) is 4.57. The first-order valence-corrected chi connectivity index (χ1v) is 4.57. The smallest absolute Gasteiger partial charge is 0.206 e. The summed E-state index contributed by atoms with van der Waals surface area (Å²) < 4.78 is 0. The predicted molar refractivity (Wildman–Crippen MR) is 56.7 cm³/mol. The van der Waals surface area contributed by atoms with E-state index in [1.807, 2.05) is 6.07 Å². The number of ketones is 1. The minimum absolute atomic E-state index is 0.0536. The molecule has 0 aliphatic heterocycles. The van der Waals surface area contributed by atoms with Crippen LogP contribution in [-0.4, -0.2) is 11.5 Å². The van der Waals surface area contributed by atoms with E-state index in [0.29, 0.717) is 16.8 Å². The average molecular weight is 196 g/mol. The molecule has 0 fully saturated rings. The van der Waals surface area contributed by atoms with Crippen molar-refractivity contribution in [2.45, 2.75) is 6.92 Å². The topological polar surface area (TPSA) is 53.2 Å². The molecule has 15 heavy (non-hydrogen) atoms. The van der Waals surface area contributed by atoms with E-state index in [1.165, 1.54) is 0 Å². The van der Waals surface area contributed by atoms with Gasteiger partial charge in [-0.3, -0.25) is 4.79 Å². The number of hydrogen-bond acceptors (Lipinski definition) is 3. The molecule has 1 aliphatic carbocycles. The van der Waals surface area contributed by atoms with Crippen LogP contribution < -0.4 is 0 Å². The molecule has 72 valence electrons. The zero-order valence-corrected chi connectivity index (χ0v) is 8.19. The molecule has 0 bridgehead atoms. The van der Waals surface area contributed by atoms with Crippen molar-refractivity contribution in [1.29, 1.82) is 5.26 Å². The molecule has 0 unspecified atom stereocenters. The van der Waals surface area contributed by atoms with Gasteiger partial charge in [-0.2, -0.15) is 10.3 Å². The maximum atomic E-state index is 11.9. The number of allylic oxidation sites excluding steroid dienone is 2. The van der Waals surface area contributed by atoms with Gasteiger partial charge in [0.25, 0.3) is 0 Å². The second-order valence-corrected chi connectivity index (χ2v) is 3.14. The lowest BCUT2D eigenvalue weighted by atomic mass is 10.1. The number of nitrogens with zero attached hydrogens (tertiary/aromatic N) is 2. The molecule has 0 spiro atoms. The lowest BCUT2D eigenvalue weighted by Crippen LogP contribution is -2.00. The first kappa shape index (κ1) is 9.35. The molecule has 1 aromatic carbocycles. The second-order valence-electron chi connectivity index (χ2n) is 3.14. The van der Waals surface area contributed by atoms with E-state index >= 15 is 0 Å². The summed E-state index contributed by atoms with van der Waals surface area (Å²) in [5.74, 6) is -0.0536. The minimum atomic E-state index is -0.0536. The van der Waals surface area contributed by atoms with Crippen LogP contribution in [0.3, 0.4) is 0 Å². The summed E-state index contributed by atoms with van der Waals surface area (Å²) in [6, 6.07) is 7.19. The quantitative estimate of drug-likeness (QED) is 0.471. The third-order valence-corrected chi connectivity index (χ3v) is 2.38. The Kier molecular flexibility index (Phi) is 2.18. The fraction of sp³-hybridized carbons (Fsp3) is 0.0833. The van der Waals surface area contributed by atoms with Crippen molar-refractivity contribution >= 4 is 11.5 Å². The van der Waals surface area contributed by atoms with Crippen LogP contribution >= 0.6 is 0 Å². The molecule has 1 aromatic rings. The van der Waals surface area contributed by atoms with E-state index in [2.05, 4.69) is 4.99 Å². The Hall–Kier alpha value is -2.21. The zero-order chi connectivity index (χ0) is 10.8. The van der Waals surface area contributed by atoms with Crippen molar-refractivity contribution < 1.29 is 4.79 Å². The number of aliphatic imine (C=N–C) groups is 1. The second kappa shape index (κ2) is 3.50. The Labute approximate surface area is 87.4 Å². The van der Waals surface area contributed by atoms with E-state index < -0.39 is 0 Å². The van der Waals surface area contributed by atoms with Crippen LogP contribution in [-0.2, 0) is 0 Å². The van der Waals surface area contributed by atoms with Crippen LogP contribution in [0, 0.1) is 11.5 Å². The number of fused-ring (bicyclic) bond motifs is 1. The highest BCUT2D eigenvalue weighted by Crippen LogP contribution is 2.26. The maximum Gasteiger partial charge on any atom is 0.206 e. The number of nitriles is 1. The first-order chi connectivity index (χ1) is 7.29. The highest BCUT2D eigenvalue weighted by Gasteiger charge is 2.29. The van der Waals surface area contributed by atoms with Gasteiger partial charge in [-0.1, -0.05) is 30.3 Å². The Morgan fingerprint density at radius 2 is 2.00 bits per heavy atom. The van der Waals surface area contributed by atoms with E-state index in [9.17, 15) is 4.79 Å². The summed E-state index contributed by atoms with van der Waals surface area (Å²) in [5, 5.41) is 8.58. The molecule has 0 N–H and O–H groups in total. The Balaban J connectivity index is 2.74. The van der Waals surface area contributed by atoms with Crippen LogP contribution in [0.2, 0.25) is 0 Å². The fourth-order valence-electron chi connectivity index (χ4n) is 1.72. The molecule has 0 amide bonds. The molecular weight excluding hydrogens is 188 g/mol. The van der Waals surface area contributed by atoms with Crippen molar-refractivity contribution in [1.82, 2.24) is 0 Å². The molecule has 3 nitrogen and oxygen atoms in total. The van der Waals surface area contributed by atoms with Crippen LogP contribution in [0.4, 0.5) is 0 Å². The maximum absolute atomic E-state index is 11.9. The molecule has 0 aromatic heterocycles. The van der Waals surface area contributed by atoms with Crippen LogP contribution in [0.25, 0.3) is 0 Å². The lowest BCUT2D eigenvalue weighted by molar-refractivity contribution is 0.104. The normalized spacial score (nSPS) is 19.3. The summed E-state index contributed by atoms with van der Waals surface area (Å²) in [6.45, 7) is 1.77. The third-order valence-electron chi connectivity index (χ3n) is 2.38. The minimum Gasteiger partial charge on any atom is -0.289 e. The molecule has 0 atom stereocenters. The van der Waals surface area contributed by atoms with Crippen LogP contribution in [0.15, 0.2) is 40.9 Å². The summed E-state index contributed by atoms with van der Waals surface area (Å²) >= 11 is 0. The molecule has 3 heteroatoms. The number of benzene rings is 1. The number of rotatable bonds is 0. The molecule has 0 saturated carbocycles. The SMILES string of the molecule is C/C=C1\C(=O)c2ccccc2C1=NC#N. The molecule has 0 heterocycles. The highest BCUT2D eigenvalue weighted by molar-refractivity contribution is 6.41. The van der Waals surface area contributed by atoms with Crippen molar-refractivity contribution in [3.63, 3.8) is 0 Å². The van der Waals surface area contributed by atoms with Crippen LogP contribution in [0.1, 0.15) is 22.8 Å². The van der Waals surface area contributed by atoms with Gasteiger partial charge in [-0.15, -0.1) is 0 Å². The predicted octanol–water partition coefficient (Wildman–Crippen LogP) is 2.10. The van der Waals surface area contributed by atoms with Crippen LogP contribution in [0.5, 0.6) is 0 Å². The highest BCUT2D eigenvalue weighted by atomic mass is 16.1. The Bertz CT molecular complexity index is 533. The number of carbonyl (C=O) groups excluding carboxylic acids is 1. The summed E-state index contributed by atoms with van der Waals surface area (Å²) in [6.07, 6.45) is 3.42. The van der Waals surface area contributed by atoms with Crippen molar-refractivity contribution in [3.8, 4) is 6.19 Å². The van der Waals surface area contributed by atoms with E-state index in [1.54, 1.807) is 37.4 Å². The van der Waals surface area contributed by atoms with E-state index in [-0.39, 0.29) is 5.78 Å². The standard InChI is InChI=1S/C12H8N2O/c1-2-8-11(14-7-13)9-5-3-4-6-10(9)12(8)15/h2-6H,1H3/b8-2-,14-11?. The Morgan fingerprint density at radius 3 is 2.60 bits per heavy atom. The van der Waals surface area contributed by atoms with Gasteiger partial charge in [-0.05, 0) is 6.92 Å². The number of Topliss-reactive ketones (excluding diaryl/α,β-unsaturated/α-hetero) is 1.